The fraction of sp³-hybridized carbons (Fsp3) is 0.154. The number of halogens is 1. The molecule has 0 aliphatic rings. The molecule has 0 aliphatic carbocycles. The zero-order valence-electron chi connectivity index (χ0n) is 10.1. The maximum absolute atomic E-state index is 12.0. The summed E-state index contributed by atoms with van der Waals surface area (Å²) in [6.45, 7) is 1.30. The maximum atomic E-state index is 12.0. The van der Waals surface area contributed by atoms with Gasteiger partial charge < -0.3 is 4.98 Å². The number of aromatic amines is 1. The molecule has 0 fully saturated rings. The van der Waals surface area contributed by atoms with Crippen LogP contribution in [0.25, 0.3) is 0 Å². The normalized spacial score (nSPS) is 10.4. The van der Waals surface area contributed by atoms with Gasteiger partial charge in [0.05, 0.1) is 12.1 Å². The average molecular weight is 279 g/mol. The van der Waals surface area contributed by atoms with Crippen LogP contribution in [0.3, 0.4) is 0 Å². The van der Waals surface area contributed by atoms with Gasteiger partial charge >= 0.3 is 5.69 Å². The highest BCUT2D eigenvalue weighted by atomic mass is 35.5. The van der Waals surface area contributed by atoms with Crippen LogP contribution in [0.15, 0.2) is 40.1 Å². The third-order valence-electron chi connectivity index (χ3n) is 2.73. The average Bonchev–Trinajstić information content (AvgIpc) is 2.36. The molecule has 5 nitrogen and oxygen atoms in total. The van der Waals surface area contributed by atoms with E-state index in [2.05, 4.69) is 4.98 Å². The van der Waals surface area contributed by atoms with Gasteiger partial charge in [-0.05, 0) is 18.6 Å². The highest BCUT2D eigenvalue weighted by Gasteiger charge is 2.12. The van der Waals surface area contributed by atoms with E-state index in [0.29, 0.717) is 10.6 Å². The third kappa shape index (κ3) is 2.66. The van der Waals surface area contributed by atoms with E-state index in [0.717, 1.165) is 10.8 Å². The minimum Gasteiger partial charge on any atom is -0.313 e. The molecule has 0 saturated heterocycles. The highest BCUT2D eigenvalue weighted by Crippen LogP contribution is 2.14. The van der Waals surface area contributed by atoms with Gasteiger partial charge in [-0.15, -0.1) is 0 Å². The number of aromatic nitrogens is 2. The Morgan fingerprint density at radius 2 is 2.00 bits per heavy atom. The van der Waals surface area contributed by atoms with E-state index >= 15 is 0 Å². The summed E-state index contributed by atoms with van der Waals surface area (Å²) in [5, 5.41) is 0.460. The number of Topliss-reactive ketones (excluding diaryl/α,β-unsaturated/α-hetero) is 1. The van der Waals surface area contributed by atoms with Crippen LogP contribution in [0.1, 0.15) is 22.8 Å². The van der Waals surface area contributed by atoms with Gasteiger partial charge in [-0.25, -0.2) is 4.79 Å². The number of benzene rings is 1. The second-order valence-corrected chi connectivity index (χ2v) is 4.45. The van der Waals surface area contributed by atoms with Crippen LogP contribution in [-0.2, 0) is 6.54 Å². The summed E-state index contributed by atoms with van der Waals surface area (Å²) in [5.41, 5.74) is -0.602. The minimum atomic E-state index is -0.615. The molecular formula is C13H11ClN2O3. The largest absolute Gasteiger partial charge is 0.328 e. The van der Waals surface area contributed by atoms with Crippen molar-refractivity contribution in [2.45, 2.75) is 13.5 Å². The first-order chi connectivity index (χ1) is 9.00. The van der Waals surface area contributed by atoms with Gasteiger partial charge in [0, 0.05) is 11.2 Å². The first-order valence-electron chi connectivity index (χ1n) is 5.57. The number of rotatable bonds is 3. The topological polar surface area (TPSA) is 71.9 Å². The van der Waals surface area contributed by atoms with E-state index in [-0.39, 0.29) is 12.1 Å². The maximum Gasteiger partial charge on any atom is 0.328 e. The van der Waals surface area contributed by atoms with E-state index in [1.54, 1.807) is 24.3 Å². The standard InChI is InChI=1S/C13H11ClN2O3/c1-8(17)10-6-15-13(19)16(12(10)18)7-9-4-2-3-5-11(9)14/h2-6H,7H2,1H3,(H,15,19). The first kappa shape index (κ1) is 13.3. The Morgan fingerprint density at radius 1 is 1.32 bits per heavy atom. The Balaban J connectivity index is 2.55. The third-order valence-corrected chi connectivity index (χ3v) is 3.10. The lowest BCUT2D eigenvalue weighted by molar-refractivity contribution is 0.101. The Hall–Kier alpha value is -2.14. The first-order valence-corrected chi connectivity index (χ1v) is 5.95. The van der Waals surface area contributed by atoms with Crippen LogP contribution in [0.2, 0.25) is 5.02 Å². The van der Waals surface area contributed by atoms with Crippen LogP contribution in [0, 0.1) is 0 Å². The molecule has 6 heteroatoms. The summed E-state index contributed by atoms with van der Waals surface area (Å²) in [4.78, 5) is 37.4. The number of hydrogen-bond acceptors (Lipinski definition) is 3. The van der Waals surface area contributed by atoms with Crippen LogP contribution in [0.5, 0.6) is 0 Å². The van der Waals surface area contributed by atoms with Crippen molar-refractivity contribution in [3.05, 3.63) is 67.4 Å². The lowest BCUT2D eigenvalue weighted by Crippen LogP contribution is -2.38. The summed E-state index contributed by atoms with van der Waals surface area (Å²) >= 11 is 5.99. The van der Waals surface area contributed by atoms with Crippen molar-refractivity contribution in [2.24, 2.45) is 0 Å². The van der Waals surface area contributed by atoms with E-state index in [4.69, 9.17) is 11.6 Å². The molecule has 2 rings (SSSR count). The minimum absolute atomic E-state index is 0.0228. The van der Waals surface area contributed by atoms with E-state index in [9.17, 15) is 14.4 Å². The molecule has 0 spiro atoms. The summed E-state index contributed by atoms with van der Waals surface area (Å²) in [6, 6.07) is 6.90. The molecule has 0 unspecified atom stereocenters. The highest BCUT2D eigenvalue weighted by molar-refractivity contribution is 6.31. The van der Waals surface area contributed by atoms with Crippen molar-refractivity contribution in [3.8, 4) is 0 Å². The number of hydrogen-bond donors (Lipinski definition) is 1. The van der Waals surface area contributed by atoms with Crippen molar-refractivity contribution < 1.29 is 4.79 Å². The number of H-pyrrole nitrogens is 1. The molecule has 1 aromatic carbocycles. The van der Waals surface area contributed by atoms with Gasteiger partial charge in [-0.1, -0.05) is 29.8 Å². The summed E-state index contributed by atoms with van der Waals surface area (Å²) in [6.07, 6.45) is 1.14. The summed E-state index contributed by atoms with van der Waals surface area (Å²) < 4.78 is 0.956. The molecule has 1 aromatic heterocycles. The fourth-order valence-electron chi connectivity index (χ4n) is 1.70. The molecule has 0 aliphatic heterocycles. The smallest absolute Gasteiger partial charge is 0.313 e. The van der Waals surface area contributed by atoms with Crippen LogP contribution in [0.4, 0.5) is 0 Å². The van der Waals surface area contributed by atoms with Gasteiger partial charge in [-0.2, -0.15) is 0 Å². The van der Waals surface area contributed by atoms with Gasteiger partial charge in [0.1, 0.15) is 0 Å². The Labute approximate surface area is 113 Å². The molecule has 0 bridgehead atoms. The lowest BCUT2D eigenvalue weighted by Gasteiger charge is -2.07. The second-order valence-electron chi connectivity index (χ2n) is 4.05. The quantitative estimate of drug-likeness (QED) is 0.864. The van der Waals surface area contributed by atoms with Gasteiger partial charge in [0.25, 0.3) is 5.56 Å². The molecular weight excluding hydrogens is 268 g/mol. The number of ketones is 1. The van der Waals surface area contributed by atoms with E-state index in [1.807, 2.05) is 0 Å². The molecule has 1 N–H and O–H groups in total. The van der Waals surface area contributed by atoms with Crippen LogP contribution < -0.4 is 11.2 Å². The van der Waals surface area contributed by atoms with Crippen molar-refractivity contribution in [1.29, 1.82) is 0 Å². The number of carbonyl (C=O) groups is 1. The monoisotopic (exact) mass is 278 g/mol. The number of nitrogens with zero attached hydrogens (tertiary/aromatic N) is 1. The van der Waals surface area contributed by atoms with Crippen LogP contribution >= 0.6 is 11.6 Å². The number of carbonyl (C=O) groups excluding carboxylic acids is 1. The van der Waals surface area contributed by atoms with Crippen molar-refractivity contribution in [1.82, 2.24) is 9.55 Å². The lowest BCUT2D eigenvalue weighted by atomic mass is 10.2. The van der Waals surface area contributed by atoms with Gasteiger partial charge in [0.2, 0.25) is 0 Å². The molecule has 2 aromatic rings. The molecule has 1 heterocycles. The van der Waals surface area contributed by atoms with Gasteiger partial charge in [-0.3, -0.25) is 14.2 Å². The molecule has 19 heavy (non-hydrogen) atoms. The second kappa shape index (κ2) is 5.24. The molecule has 0 amide bonds. The molecule has 0 saturated carbocycles. The zero-order valence-corrected chi connectivity index (χ0v) is 10.9. The molecule has 0 atom stereocenters. The summed E-state index contributed by atoms with van der Waals surface area (Å²) in [7, 11) is 0. The Bertz CT molecular complexity index is 746. The summed E-state index contributed by atoms with van der Waals surface area (Å²) in [5.74, 6) is -0.394. The van der Waals surface area contributed by atoms with E-state index in [1.165, 1.54) is 6.92 Å². The van der Waals surface area contributed by atoms with E-state index < -0.39 is 17.0 Å². The van der Waals surface area contributed by atoms with Crippen molar-refractivity contribution in [3.63, 3.8) is 0 Å². The zero-order chi connectivity index (χ0) is 14.0. The Kier molecular flexibility index (Phi) is 3.66. The molecule has 0 radical (unpaired) electrons. The van der Waals surface area contributed by atoms with Crippen molar-refractivity contribution >= 4 is 17.4 Å². The predicted octanol–water partition coefficient (Wildman–Crippen LogP) is 1.44. The van der Waals surface area contributed by atoms with Crippen LogP contribution in [-0.4, -0.2) is 15.3 Å². The molecule has 98 valence electrons. The predicted molar refractivity (Wildman–Crippen MR) is 71.9 cm³/mol. The SMILES string of the molecule is CC(=O)c1c[nH]c(=O)n(Cc2ccccc2Cl)c1=O. The van der Waals surface area contributed by atoms with Crippen molar-refractivity contribution in [2.75, 3.05) is 0 Å². The Morgan fingerprint density at radius 3 is 2.63 bits per heavy atom. The van der Waals surface area contributed by atoms with Gasteiger partial charge in [0.15, 0.2) is 5.78 Å². The number of nitrogens with one attached hydrogen (secondary N) is 1. The fourth-order valence-corrected chi connectivity index (χ4v) is 1.90.